The predicted molar refractivity (Wildman–Crippen MR) is 133 cm³/mol. The Morgan fingerprint density at radius 3 is 2.06 bits per heavy atom. The third kappa shape index (κ3) is 8.31. The molecule has 1 amide bonds. The predicted octanol–water partition coefficient (Wildman–Crippen LogP) is 6.17. The maximum atomic E-state index is 10.8. The van der Waals surface area contributed by atoms with Crippen LogP contribution in [0.3, 0.4) is 0 Å². The zero-order valence-electron chi connectivity index (χ0n) is 18.9. The Labute approximate surface area is 202 Å². The molecule has 4 nitrogen and oxygen atoms in total. The Morgan fingerprint density at radius 1 is 0.938 bits per heavy atom. The molecule has 1 aliphatic carbocycles. The molecule has 0 radical (unpaired) electrons. The first-order chi connectivity index (χ1) is 15.5. The van der Waals surface area contributed by atoms with Gasteiger partial charge in [0.05, 0.1) is 0 Å². The van der Waals surface area contributed by atoms with Gasteiger partial charge >= 0.3 is 0 Å². The van der Waals surface area contributed by atoms with Gasteiger partial charge in [-0.15, -0.1) is 0 Å². The summed E-state index contributed by atoms with van der Waals surface area (Å²) in [7, 11) is 1.56. The van der Waals surface area contributed by atoms with E-state index in [2.05, 4.69) is 22.3 Å². The fourth-order valence-electron chi connectivity index (χ4n) is 4.49. The third-order valence-electron chi connectivity index (χ3n) is 6.38. The Balaban J connectivity index is 0.000000195. The lowest BCUT2D eigenvalue weighted by Crippen LogP contribution is -2.36. The lowest BCUT2D eigenvalue weighted by molar-refractivity contribution is -0.122. The molecule has 0 spiro atoms. The van der Waals surface area contributed by atoms with Gasteiger partial charge in [-0.1, -0.05) is 48.2 Å². The van der Waals surface area contributed by atoms with Crippen molar-refractivity contribution in [3.05, 3.63) is 64.1 Å². The molecule has 0 bridgehead atoms. The highest BCUT2D eigenvalue weighted by molar-refractivity contribution is 6.30. The number of ether oxygens (including phenoxy) is 1. The van der Waals surface area contributed by atoms with Gasteiger partial charge in [0.15, 0.2) is 6.61 Å². The van der Waals surface area contributed by atoms with Gasteiger partial charge in [0, 0.05) is 23.6 Å². The Bertz CT molecular complexity index is 813. The number of likely N-dealkylation sites (N-methyl/N-ethyl adjacent to an activating group) is 1. The van der Waals surface area contributed by atoms with E-state index in [1.807, 2.05) is 12.1 Å². The first-order valence-corrected chi connectivity index (χ1v) is 12.4. The summed E-state index contributed by atoms with van der Waals surface area (Å²) in [5.74, 6) is 2.21. The van der Waals surface area contributed by atoms with Crippen LogP contribution in [-0.4, -0.2) is 44.1 Å². The quantitative estimate of drug-likeness (QED) is 0.541. The van der Waals surface area contributed by atoms with E-state index in [1.54, 1.807) is 31.3 Å². The highest BCUT2D eigenvalue weighted by Crippen LogP contribution is 2.31. The van der Waals surface area contributed by atoms with E-state index in [9.17, 15) is 4.79 Å². The molecule has 0 unspecified atom stereocenters. The number of carbonyl (C=O) groups excluding carboxylic acids is 1. The molecule has 4 rings (SSSR count). The molecule has 0 atom stereocenters. The second-order valence-electron chi connectivity index (χ2n) is 8.69. The van der Waals surface area contributed by atoms with Gasteiger partial charge < -0.3 is 15.0 Å². The number of hydrogen-bond acceptors (Lipinski definition) is 3. The van der Waals surface area contributed by atoms with Crippen LogP contribution in [0.4, 0.5) is 0 Å². The number of amides is 1. The van der Waals surface area contributed by atoms with Crippen LogP contribution in [0, 0.1) is 5.92 Å². The van der Waals surface area contributed by atoms with Crippen LogP contribution in [0.2, 0.25) is 10.0 Å². The molecule has 174 valence electrons. The number of benzene rings is 2. The topological polar surface area (TPSA) is 41.6 Å². The minimum Gasteiger partial charge on any atom is -0.484 e. The van der Waals surface area contributed by atoms with Crippen molar-refractivity contribution in [3.63, 3.8) is 0 Å². The largest absolute Gasteiger partial charge is 0.484 e. The highest BCUT2D eigenvalue weighted by Gasteiger charge is 2.24. The lowest BCUT2D eigenvalue weighted by Gasteiger charge is -2.33. The minimum absolute atomic E-state index is 0.0259. The van der Waals surface area contributed by atoms with E-state index in [-0.39, 0.29) is 12.5 Å². The van der Waals surface area contributed by atoms with Crippen LogP contribution in [0.15, 0.2) is 48.5 Å². The molecule has 1 N–H and O–H groups in total. The van der Waals surface area contributed by atoms with Crippen LogP contribution in [-0.2, 0) is 4.79 Å². The number of rotatable bonds is 6. The summed E-state index contributed by atoms with van der Waals surface area (Å²) >= 11 is 11.6. The molecule has 2 aromatic rings. The molecular formula is C26H34Cl2N2O2. The van der Waals surface area contributed by atoms with Gasteiger partial charge in [0.2, 0.25) is 0 Å². The van der Waals surface area contributed by atoms with Crippen molar-refractivity contribution in [2.24, 2.45) is 5.92 Å². The van der Waals surface area contributed by atoms with Crippen LogP contribution in [0.5, 0.6) is 5.75 Å². The maximum Gasteiger partial charge on any atom is 0.257 e. The average Bonchev–Trinajstić information content (AvgIpc) is 3.33. The second-order valence-corrected chi connectivity index (χ2v) is 9.57. The second kappa shape index (κ2) is 13.1. The van der Waals surface area contributed by atoms with Crippen molar-refractivity contribution in [3.8, 4) is 5.75 Å². The van der Waals surface area contributed by atoms with Crippen LogP contribution < -0.4 is 10.1 Å². The average molecular weight is 477 g/mol. The van der Waals surface area contributed by atoms with E-state index < -0.39 is 0 Å². The van der Waals surface area contributed by atoms with Gasteiger partial charge in [-0.2, -0.15) is 0 Å². The molecule has 2 aliphatic rings. The molecule has 6 heteroatoms. The van der Waals surface area contributed by atoms with Crippen molar-refractivity contribution in [1.29, 1.82) is 0 Å². The fourth-order valence-corrected chi connectivity index (χ4v) is 4.75. The van der Waals surface area contributed by atoms with Crippen LogP contribution in [0.25, 0.3) is 0 Å². The van der Waals surface area contributed by atoms with Crippen molar-refractivity contribution in [2.45, 2.75) is 44.4 Å². The Kier molecular flexibility index (Phi) is 10.2. The van der Waals surface area contributed by atoms with Gasteiger partial charge in [-0.05, 0) is 92.6 Å². The van der Waals surface area contributed by atoms with Crippen molar-refractivity contribution < 1.29 is 9.53 Å². The summed E-state index contributed by atoms with van der Waals surface area (Å²) in [6.45, 7) is 3.94. The fraction of sp³-hybridized carbons (Fsp3) is 0.500. The number of hydrogen-bond donors (Lipinski definition) is 1. The van der Waals surface area contributed by atoms with Gasteiger partial charge in [-0.3, -0.25) is 4.79 Å². The molecule has 0 aromatic heterocycles. The zero-order valence-corrected chi connectivity index (χ0v) is 20.4. The summed E-state index contributed by atoms with van der Waals surface area (Å²) in [5.41, 5.74) is 1.48. The SMILES string of the molecule is CNC(=O)COc1ccc(Cl)cc1.Clc1ccc(C2CCN(CC3CCCC3)CC2)cc1. The molecular weight excluding hydrogens is 443 g/mol. The zero-order chi connectivity index (χ0) is 22.8. The number of carbonyl (C=O) groups is 1. The van der Waals surface area contributed by atoms with E-state index in [0.717, 1.165) is 16.9 Å². The number of piperidine rings is 1. The number of halogens is 2. The first-order valence-electron chi connectivity index (χ1n) is 11.6. The highest BCUT2D eigenvalue weighted by atomic mass is 35.5. The summed E-state index contributed by atoms with van der Waals surface area (Å²) in [6.07, 6.45) is 8.49. The Hall–Kier alpha value is -1.75. The molecule has 2 fully saturated rings. The minimum atomic E-state index is -0.157. The van der Waals surface area contributed by atoms with E-state index in [4.69, 9.17) is 27.9 Å². The number of nitrogens with zero attached hydrogens (tertiary/aromatic N) is 1. The van der Waals surface area contributed by atoms with Crippen molar-refractivity contribution >= 4 is 29.1 Å². The number of likely N-dealkylation sites (tertiary alicyclic amines) is 1. The van der Waals surface area contributed by atoms with E-state index in [1.165, 1.54) is 63.7 Å². The van der Waals surface area contributed by atoms with Crippen molar-refractivity contribution in [1.82, 2.24) is 10.2 Å². The molecule has 1 aliphatic heterocycles. The van der Waals surface area contributed by atoms with E-state index >= 15 is 0 Å². The lowest BCUT2D eigenvalue weighted by atomic mass is 9.89. The monoisotopic (exact) mass is 476 g/mol. The van der Waals surface area contributed by atoms with Gasteiger partial charge in [0.1, 0.15) is 5.75 Å². The maximum absolute atomic E-state index is 10.8. The molecule has 2 aromatic carbocycles. The van der Waals surface area contributed by atoms with Gasteiger partial charge in [0.25, 0.3) is 5.91 Å². The van der Waals surface area contributed by atoms with Crippen LogP contribution in [0.1, 0.15) is 50.0 Å². The molecule has 1 saturated carbocycles. The summed E-state index contributed by atoms with van der Waals surface area (Å²) in [6, 6.07) is 15.3. The summed E-state index contributed by atoms with van der Waals surface area (Å²) < 4.78 is 5.14. The standard InChI is InChI=1S/C17H24ClN.C9H10ClNO2/c18-17-7-5-15(6-8-17)16-9-11-19(12-10-16)13-14-3-1-2-4-14;1-11-9(12)6-13-8-4-2-7(10)3-5-8/h5-8,14,16H,1-4,9-13H2;2-5H,6H2,1H3,(H,11,12). The Morgan fingerprint density at radius 2 is 1.50 bits per heavy atom. The smallest absolute Gasteiger partial charge is 0.257 e. The van der Waals surface area contributed by atoms with Crippen LogP contribution >= 0.6 is 23.2 Å². The normalized spacial score (nSPS) is 17.5. The molecule has 32 heavy (non-hydrogen) atoms. The molecule has 1 heterocycles. The molecule has 1 saturated heterocycles. The third-order valence-corrected chi connectivity index (χ3v) is 6.89. The van der Waals surface area contributed by atoms with Gasteiger partial charge in [-0.25, -0.2) is 0 Å². The summed E-state index contributed by atoms with van der Waals surface area (Å²) in [4.78, 5) is 13.5. The van der Waals surface area contributed by atoms with Crippen molar-refractivity contribution in [2.75, 3.05) is 33.3 Å². The first kappa shape index (κ1) is 24.9. The summed E-state index contributed by atoms with van der Waals surface area (Å²) in [5, 5.41) is 3.95. The number of nitrogens with one attached hydrogen (secondary N) is 1. The van der Waals surface area contributed by atoms with E-state index in [0.29, 0.717) is 10.8 Å².